The molecule has 0 radical (unpaired) electrons. The van der Waals surface area contributed by atoms with Crippen LogP contribution in [0.4, 0.5) is 14.9 Å². The summed E-state index contributed by atoms with van der Waals surface area (Å²) in [6.07, 6.45) is 1.46. The summed E-state index contributed by atoms with van der Waals surface area (Å²) in [5.74, 6) is -1.16. The molecule has 0 unspecified atom stereocenters. The Hall–Kier alpha value is -3.48. The van der Waals surface area contributed by atoms with Crippen LogP contribution in [0.3, 0.4) is 0 Å². The number of anilines is 1. The fourth-order valence-corrected chi connectivity index (χ4v) is 3.14. The smallest absolute Gasteiger partial charge is 0.335 e. The number of amides is 4. The van der Waals surface area contributed by atoms with Gasteiger partial charge in [0.15, 0.2) is 0 Å². The lowest BCUT2D eigenvalue weighted by Gasteiger charge is -2.26. The van der Waals surface area contributed by atoms with Crippen molar-refractivity contribution in [3.05, 3.63) is 64.5 Å². The first-order valence-corrected chi connectivity index (χ1v) is 9.08. The summed E-state index contributed by atoms with van der Waals surface area (Å²) in [7, 11) is 1.59. The number of rotatable bonds is 4. The highest BCUT2D eigenvalue weighted by Crippen LogP contribution is 2.31. The molecule has 0 saturated carbocycles. The number of ether oxygens (including phenoxy) is 1. The lowest BCUT2D eigenvalue weighted by Crippen LogP contribution is -2.54. The molecular formula is C22H21FN2O4. The second kappa shape index (κ2) is 7.87. The number of carbonyl (C=O) groups is 3. The van der Waals surface area contributed by atoms with Gasteiger partial charge in [0.25, 0.3) is 11.8 Å². The third-order valence-electron chi connectivity index (χ3n) is 4.73. The van der Waals surface area contributed by atoms with Gasteiger partial charge < -0.3 is 4.74 Å². The van der Waals surface area contributed by atoms with Crippen LogP contribution in [0.5, 0.6) is 5.75 Å². The van der Waals surface area contributed by atoms with Crippen molar-refractivity contribution < 1.29 is 23.5 Å². The summed E-state index contributed by atoms with van der Waals surface area (Å²) in [5.41, 5.74) is 2.39. The van der Waals surface area contributed by atoms with Crippen LogP contribution in [0, 0.1) is 12.7 Å². The normalized spacial score (nSPS) is 15.9. The molecular weight excluding hydrogens is 375 g/mol. The molecule has 29 heavy (non-hydrogen) atoms. The highest BCUT2D eigenvalue weighted by atomic mass is 19.1. The molecule has 0 atom stereocenters. The number of hydrogen-bond donors (Lipinski definition) is 1. The van der Waals surface area contributed by atoms with Gasteiger partial charge in [-0.05, 0) is 72.0 Å². The number of barbiturate groups is 1. The zero-order valence-corrected chi connectivity index (χ0v) is 16.6. The zero-order valence-electron chi connectivity index (χ0n) is 16.6. The van der Waals surface area contributed by atoms with Crippen LogP contribution in [0.1, 0.15) is 36.5 Å². The van der Waals surface area contributed by atoms with E-state index in [-0.39, 0.29) is 17.2 Å². The van der Waals surface area contributed by atoms with Crippen LogP contribution in [0.25, 0.3) is 6.08 Å². The van der Waals surface area contributed by atoms with Crippen LogP contribution >= 0.6 is 0 Å². The van der Waals surface area contributed by atoms with Crippen LogP contribution < -0.4 is 15.0 Å². The van der Waals surface area contributed by atoms with Crippen LogP contribution in [0.2, 0.25) is 0 Å². The summed E-state index contributed by atoms with van der Waals surface area (Å²) in [6.45, 7) is 5.86. The third-order valence-corrected chi connectivity index (χ3v) is 4.73. The van der Waals surface area contributed by atoms with Crippen molar-refractivity contribution in [1.82, 2.24) is 5.32 Å². The Bertz CT molecular complexity index is 1030. The summed E-state index contributed by atoms with van der Waals surface area (Å²) < 4.78 is 18.6. The van der Waals surface area contributed by atoms with Crippen molar-refractivity contribution >= 4 is 29.6 Å². The second-order valence-electron chi connectivity index (χ2n) is 7.04. The number of nitrogens with one attached hydrogen (secondary N) is 1. The topological polar surface area (TPSA) is 75.7 Å². The number of halogens is 1. The van der Waals surface area contributed by atoms with Gasteiger partial charge in [0.1, 0.15) is 17.1 Å². The van der Waals surface area contributed by atoms with Crippen molar-refractivity contribution in [3.8, 4) is 5.75 Å². The molecule has 4 amide bonds. The van der Waals surface area contributed by atoms with Crippen LogP contribution in [-0.4, -0.2) is 25.0 Å². The maximum Gasteiger partial charge on any atom is 0.335 e. The van der Waals surface area contributed by atoms with Crippen molar-refractivity contribution in [3.63, 3.8) is 0 Å². The predicted molar refractivity (Wildman–Crippen MR) is 107 cm³/mol. The quantitative estimate of drug-likeness (QED) is 0.628. The van der Waals surface area contributed by atoms with Gasteiger partial charge in [0, 0.05) is 0 Å². The molecule has 0 aromatic heterocycles. The number of methoxy groups -OCH3 is 1. The number of aryl methyl sites for hydroxylation is 1. The molecule has 1 fully saturated rings. The summed E-state index contributed by atoms with van der Waals surface area (Å²) in [6, 6.07) is 7.71. The molecule has 2 aromatic carbocycles. The molecule has 0 spiro atoms. The number of imide groups is 2. The van der Waals surface area contributed by atoms with E-state index in [4.69, 9.17) is 4.74 Å². The number of hydrogen-bond acceptors (Lipinski definition) is 4. The van der Waals surface area contributed by atoms with E-state index in [1.54, 1.807) is 7.11 Å². The van der Waals surface area contributed by atoms with Gasteiger partial charge in [-0.25, -0.2) is 14.1 Å². The van der Waals surface area contributed by atoms with Gasteiger partial charge in [-0.15, -0.1) is 0 Å². The van der Waals surface area contributed by atoms with E-state index in [0.717, 1.165) is 33.9 Å². The fourth-order valence-electron chi connectivity index (χ4n) is 3.14. The Labute approximate surface area is 168 Å². The van der Waals surface area contributed by atoms with E-state index in [1.807, 2.05) is 32.9 Å². The lowest BCUT2D eigenvalue weighted by atomic mass is 9.95. The van der Waals surface area contributed by atoms with Gasteiger partial charge in [-0.3, -0.25) is 14.9 Å². The highest BCUT2D eigenvalue weighted by Gasteiger charge is 2.36. The third kappa shape index (κ3) is 3.89. The molecule has 1 aliphatic rings. The maximum absolute atomic E-state index is 13.2. The van der Waals surface area contributed by atoms with Gasteiger partial charge in [-0.2, -0.15) is 0 Å². The molecule has 1 aliphatic heterocycles. The van der Waals surface area contributed by atoms with Gasteiger partial charge >= 0.3 is 6.03 Å². The molecule has 1 saturated heterocycles. The van der Waals surface area contributed by atoms with Crippen molar-refractivity contribution in [2.45, 2.75) is 26.7 Å². The number of nitrogens with zero attached hydrogens (tertiary/aromatic N) is 1. The van der Waals surface area contributed by atoms with Gasteiger partial charge in [-0.1, -0.05) is 13.8 Å². The molecule has 2 aromatic rings. The predicted octanol–water partition coefficient (Wildman–Crippen LogP) is 3.93. The molecule has 1 heterocycles. The standard InChI is InChI=1S/C22H21FN2O4/c1-12(2)17-10-14(13(3)9-19(17)29-4)11-18-20(26)24-22(28)25(21(18)27)16-7-5-15(23)6-8-16/h5-12H,1-4H3,(H,24,26,28). The number of carbonyl (C=O) groups excluding carboxylic acids is 3. The molecule has 6 nitrogen and oxygen atoms in total. The van der Waals surface area contributed by atoms with Gasteiger partial charge in [0.05, 0.1) is 12.8 Å². The van der Waals surface area contributed by atoms with Crippen LogP contribution in [0.15, 0.2) is 42.0 Å². The lowest BCUT2D eigenvalue weighted by molar-refractivity contribution is -0.122. The van der Waals surface area contributed by atoms with Crippen molar-refractivity contribution in [1.29, 1.82) is 0 Å². The van der Waals surface area contributed by atoms with E-state index in [0.29, 0.717) is 5.56 Å². The summed E-state index contributed by atoms with van der Waals surface area (Å²) >= 11 is 0. The minimum atomic E-state index is -0.877. The fraction of sp³-hybridized carbons (Fsp3) is 0.227. The first-order valence-electron chi connectivity index (χ1n) is 9.08. The Morgan fingerprint density at radius 3 is 2.34 bits per heavy atom. The van der Waals surface area contributed by atoms with E-state index in [9.17, 15) is 18.8 Å². The van der Waals surface area contributed by atoms with E-state index < -0.39 is 23.7 Å². The zero-order chi connectivity index (χ0) is 21.3. The van der Waals surface area contributed by atoms with Crippen molar-refractivity contribution in [2.24, 2.45) is 0 Å². The molecule has 7 heteroatoms. The molecule has 0 bridgehead atoms. The Morgan fingerprint density at radius 1 is 1.10 bits per heavy atom. The maximum atomic E-state index is 13.2. The summed E-state index contributed by atoms with van der Waals surface area (Å²) in [4.78, 5) is 38.4. The molecule has 1 N–H and O–H groups in total. The van der Waals surface area contributed by atoms with Crippen molar-refractivity contribution in [2.75, 3.05) is 12.0 Å². The number of urea groups is 1. The van der Waals surface area contributed by atoms with E-state index in [1.165, 1.54) is 18.2 Å². The van der Waals surface area contributed by atoms with Gasteiger partial charge in [0.2, 0.25) is 0 Å². The minimum Gasteiger partial charge on any atom is -0.496 e. The first-order chi connectivity index (χ1) is 13.7. The molecule has 0 aliphatic carbocycles. The SMILES string of the molecule is COc1cc(C)c(C=C2C(=O)NC(=O)N(c3ccc(F)cc3)C2=O)cc1C(C)C. The largest absolute Gasteiger partial charge is 0.496 e. The monoisotopic (exact) mass is 396 g/mol. The first kappa shape index (κ1) is 20.3. The average Bonchev–Trinajstić information content (AvgIpc) is 2.67. The molecule has 3 rings (SSSR count). The average molecular weight is 396 g/mol. The Kier molecular flexibility index (Phi) is 5.50. The molecule has 150 valence electrons. The Morgan fingerprint density at radius 2 is 1.76 bits per heavy atom. The Balaban J connectivity index is 2.07. The van der Waals surface area contributed by atoms with E-state index >= 15 is 0 Å². The van der Waals surface area contributed by atoms with E-state index in [2.05, 4.69) is 5.32 Å². The highest BCUT2D eigenvalue weighted by molar-refractivity contribution is 6.39. The van der Waals surface area contributed by atoms with Crippen LogP contribution in [-0.2, 0) is 9.59 Å². The second-order valence-corrected chi connectivity index (χ2v) is 7.04. The minimum absolute atomic E-state index is 0.163. The number of benzene rings is 2. The summed E-state index contributed by atoms with van der Waals surface area (Å²) in [5, 5.41) is 2.16.